The summed E-state index contributed by atoms with van der Waals surface area (Å²) in [4.78, 5) is 19.1. The number of nitrogens with one attached hydrogen (secondary N) is 2. The van der Waals surface area contributed by atoms with E-state index in [1.165, 1.54) is 0 Å². The lowest BCUT2D eigenvalue weighted by Crippen LogP contribution is -2.49. The summed E-state index contributed by atoms with van der Waals surface area (Å²) in [7, 11) is 1.98. The fourth-order valence-corrected chi connectivity index (χ4v) is 3.26. The van der Waals surface area contributed by atoms with E-state index in [0.717, 1.165) is 36.7 Å². The molecular weight excluding hydrogens is 361 g/mol. The largest absolute Gasteiger partial charge is 0.337 e. The maximum absolute atomic E-state index is 12.5. The molecule has 0 spiro atoms. The van der Waals surface area contributed by atoms with Crippen LogP contribution in [0.3, 0.4) is 0 Å². The number of carbonyl (C=O) groups excluding carboxylic acids is 1. The molecule has 1 saturated heterocycles. The summed E-state index contributed by atoms with van der Waals surface area (Å²) < 4.78 is 2.01. The van der Waals surface area contributed by atoms with Gasteiger partial charge in [0, 0.05) is 49.8 Å². The van der Waals surface area contributed by atoms with Crippen LogP contribution in [0.2, 0.25) is 5.02 Å². The fraction of sp³-hybridized carbons (Fsp3) is 0.412. The first-order valence-corrected chi connectivity index (χ1v) is 8.40. The standard InChI is InChI=1S/C17H22ClN5O.ClH/c1-12-9-13(18)3-4-14(12)21-16(24)11-23-8-5-19-10-15(23)17-20-6-7-22(17)2;/h3-4,6-7,9,15,19H,5,8,10-11H2,1-2H3,(H,21,24);1H. The Morgan fingerprint density at radius 1 is 1.48 bits per heavy atom. The molecule has 1 aromatic heterocycles. The lowest BCUT2D eigenvalue weighted by molar-refractivity contribution is -0.118. The third kappa shape index (κ3) is 4.73. The molecule has 2 N–H and O–H groups in total. The third-order valence-electron chi connectivity index (χ3n) is 4.32. The second-order valence-electron chi connectivity index (χ2n) is 6.09. The molecule has 3 rings (SSSR count). The van der Waals surface area contributed by atoms with Crippen molar-refractivity contribution in [3.63, 3.8) is 0 Å². The van der Waals surface area contributed by atoms with Gasteiger partial charge in [0.05, 0.1) is 12.6 Å². The number of hydrogen-bond donors (Lipinski definition) is 2. The number of halogens is 2. The monoisotopic (exact) mass is 383 g/mol. The van der Waals surface area contributed by atoms with Crippen molar-refractivity contribution in [1.29, 1.82) is 0 Å². The van der Waals surface area contributed by atoms with Gasteiger partial charge >= 0.3 is 0 Å². The predicted molar refractivity (Wildman–Crippen MR) is 102 cm³/mol. The zero-order valence-corrected chi connectivity index (χ0v) is 15.9. The minimum absolute atomic E-state index is 0. The van der Waals surface area contributed by atoms with E-state index in [1.54, 1.807) is 12.3 Å². The van der Waals surface area contributed by atoms with Crippen LogP contribution < -0.4 is 10.6 Å². The molecule has 1 aliphatic rings. The average molecular weight is 384 g/mol. The fourth-order valence-electron chi connectivity index (χ4n) is 3.03. The second kappa shape index (κ2) is 8.67. The molecule has 6 nitrogen and oxygen atoms in total. The van der Waals surface area contributed by atoms with Crippen molar-refractivity contribution in [3.8, 4) is 0 Å². The van der Waals surface area contributed by atoms with Crippen molar-refractivity contribution in [2.75, 3.05) is 31.5 Å². The predicted octanol–water partition coefficient (Wildman–Crippen LogP) is 2.39. The first kappa shape index (κ1) is 19.7. The van der Waals surface area contributed by atoms with E-state index < -0.39 is 0 Å². The Morgan fingerprint density at radius 3 is 2.96 bits per heavy atom. The van der Waals surface area contributed by atoms with E-state index in [0.29, 0.717) is 11.6 Å². The molecule has 0 radical (unpaired) electrons. The Morgan fingerprint density at radius 2 is 2.28 bits per heavy atom. The number of rotatable bonds is 4. The van der Waals surface area contributed by atoms with Crippen LogP contribution >= 0.6 is 24.0 Å². The highest BCUT2D eigenvalue weighted by Gasteiger charge is 2.28. The Bertz CT molecular complexity index is 734. The number of piperazine rings is 1. The molecule has 8 heteroatoms. The van der Waals surface area contributed by atoms with Gasteiger partial charge in [0.2, 0.25) is 5.91 Å². The summed E-state index contributed by atoms with van der Waals surface area (Å²) in [6.45, 7) is 4.74. The van der Waals surface area contributed by atoms with Crippen molar-refractivity contribution in [2.45, 2.75) is 13.0 Å². The number of amides is 1. The van der Waals surface area contributed by atoms with Crippen LogP contribution in [-0.2, 0) is 11.8 Å². The Kier molecular flexibility index (Phi) is 6.84. The Hall–Kier alpha value is -1.60. The van der Waals surface area contributed by atoms with E-state index in [-0.39, 0.29) is 24.4 Å². The van der Waals surface area contributed by atoms with Crippen molar-refractivity contribution < 1.29 is 4.79 Å². The van der Waals surface area contributed by atoms with E-state index in [9.17, 15) is 4.79 Å². The molecule has 2 heterocycles. The van der Waals surface area contributed by atoms with Gasteiger partial charge in [0.15, 0.2) is 0 Å². The number of aryl methyl sites for hydroxylation is 2. The Balaban J connectivity index is 0.00000225. The number of imidazole rings is 1. The van der Waals surface area contributed by atoms with Crippen LogP contribution in [0.5, 0.6) is 0 Å². The minimum atomic E-state index is -0.0264. The quantitative estimate of drug-likeness (QED) is 0.850. The van der Waals surface area contributed by atoms with Crippen molar-refractivity contribution in [2.24, 2.45) is 7.05 Å². The van der Waals surface area contributed by atoms with Gasteiger partial charge in [-0.05, 0) is 30.7 Å². The van der Waals surface area contributed by atoms with Gasteiger partial charge in [-0.15, -0.1) is 12.4 Å². The molecule has 2 aromatic rings. The van der Waals surface area contributed by atoms with Crippen LogP contribution in [0.4, 0.5) is 5.69 Å². The molecule has 0 saturated carbocycles. The molecular formula is C17H23Cl2N5O. The third-order valence-corrected chi connectivity index (χ3v) is 4.56. The van der Waals surface area contributed by atoms with Crippen molar-refractivity contribution in [3.05, 3.63) is 47.0 Å². The smallest absolute Gasteiger partial charge is 0.238 e. The van der Waals surface area contributed by atoms with Gasteiger partial charge in [-0.3, -0.25) is 9.69 Å². The number of anilines is 1. The topological polar surface area (TPSA) is 62.2 Å². The molecule has 1 aliphatic heterocycles. The van der Waals surface area contributed by atoms with Crippen LogP contribution in [0.25, 0.3) is 0 Å². The summed E-state index contributed by atoms with van der Waals surface area (Å²) in [5.74, 6) is 0.944. The zero-order valence-electron chi connectivity index (χ0n) is 14.3. The molecule has 1 atom stereocenters. The summed E-state index contributed by atoms with van der Waals surface area (Å²) in [6, 6.07) is 5.56. The van der Waals surface area contributed by atoms with Crippen LogP contribution in [0, 0.1) is 6.92 Å². The highest BCUT2D eigenvalue weighted by atomic mass is 35.5. The molecule has 1 fully saturated rings. The van der Waals surface area contributed by atoms with E-state index in [4.69, 9.17) is 11.6 Å². The summed E-state index contributed by atoms with van der Waals surface area (Å²) in [5.41, 5.74) is 1.75. The first-order valence-electron chi connectivity index (χ1n) is 8.02. The molecule has 136 valence electrons. The molecule has 1 amide bonds. The number of nitrogens with zero attached hydrogens (tertiary/aromatic N) is 3. The molecule has 1 aromatic carbocycles. The SMILES string of the molecule is Cc1cc(Cl)ccc1NC(=O)CN1CCNCC1c1nccn1C.Cl. The number of carbonyl (C=O) groups is 1. The molecule has 25 heavy (non-hydrogen) atoms. The molecule has 1 unspecified atom stereocenters. The van der Waals surface area contributed by atoms with Crippen LogP contribution in [-0.4, -0.2) is 46.5 Å². The lowest BCUT2D eigenvalue weighted by atomic mass is 10.1. The van der Waals surface area contributed by atoms with Crippen molar-refractivity contribution >= 4 is 35.6 Å². The highest BCUT2D eigenvalue weighted by molar-refractivity contribution is 6.30. The van der Waals surface area contributed by atoms with Gasteiger partial charge < -0.3 is 15.2 Å². The van der Waals surface area contributed by atoms with Crippen LogP contribution in [0.1, 0.15) is 17.4 Å². The van der Waals surface area contributed by atoms with Gasteiger partial charge in [0.1, 0.15) is 5.82 Å². The summed E-state index contributed by atoms with van der Waals surface area (Å²) >= 11 is 5.96. The normalized spacial score (nSPS) is 17.8. The maximum Gasteiger partial charge on any atom is 0.238 e. The van der Waals surface area contributed by atoms with Gasteiger partial charge in [-0.1, -0.05) is 11.6 Å². The number of benzene rings is 1. The number of aromatic nitrogens is 2. The van der Waals surface area contributed by atoms with E-state index >= 15 is 0 Å². The highest BCUT2D eigenvalue weighted by Crippen LogP contribution is 2.22. The minimum Gasteiger partial charge on any atom is -0.337 e. The molecule has 0 bridgehead atoms. The zero-order chi connectivity index (χ0) is 17.1. The lowest BCUT2D eigenvalue weighted by Gasteiger charge is -2.35. The average Bonchev–Trinajstić information content (AvgIpc) is 2.97. The van der Waals surface area contributed by atoms with E-state index in [2.05, 4.69) is 20.5 Å². The summed E-state index contributed by atoms with van der Waals surface area (Å²) in [5, 5.41) is 7.02. The maximum atomic E-state index is 12.5. The second-order valence-corrected chi connectivity index (χ2v) is 6.53. The van der Waals surface area contributed by atoms with Gasteiger partial charge in [-0.2, -0.15) is 0 Å². The first-order chi connectivity index (χ1) is 11.5. The van der Waals surface area contributed by atoms with Crippen molar-refractivity contribution in [1.82, 2.24) is 19.8 Å². The van der Waals surface area contributed by atoms with Crippen LogP contribution in [0.15, 0.2) is 30.6 Å². The summed E-state index contributed by atoms with van der Waals surface area (Å²) in [6.07, 6.45) is 3.72. The van der Waals surface area contributed by atoms with Gasteiger partial charge in [0.25, 0.3) is 0 Å². The van der Waals surface area contributed by atoms with Gasteiger partial charge in [-0.25, -0.2) is 4.98 Å². The molecule has 0 aliphatic carbocycles. The Labute approximate surface area is 159 Å². The number of hydrogen-bond acceptors (Lipinski definition) is 4. The van der Waals surface area contributed by atoms with E-state index in [1.807, 2.05) is 36.9 Å².